The van der Waals surface area contributed by atoms with Crippen LogP contribution in [0.4, 0.5) is 26.3 Å². The summed E-state index contributed by atoms with van der Waals surface area (Å²) in [6, 6.07) is 6.31. The van der Waals surface area contributed by atoms with Gasteiger partial charge in [0.25, 0.3) is 0 Å². The summed E-state index contributed by atoms with van der Waals surface area (Å²) in [5.41, 5.74) is -1.65. The zero-order valence-electron chi connectivity index (χ0n) is 20.6. The summed E-state index contributed by atoms with van der Waals surface area (Å²) in [5.74, 6) is 0. The van der Waals surface area contributed by atoms with Gasteiger partial charge in [0.05, 0.1) is 16.4 Å². The minimum absolute atomic E-state index is 0.141. The smallest absolute Gasteiger partial charge is 0.347 e. The largest absolute Gasteiger partial charge is 0.417 e. The highest BCUT2D eigenvalue weighted by Gasteiger charge is 2.38. The van der Waals surface area contributed by atoms with Crippen LogP contribution in [0.2, 0.25) is 0 Å². The van der Waals surface area contributed by atoms with E-state index in [9.17, 15) is 34.8 Å². The molecule has 1 heterocycles. The monoisotopic (exact) mass is 546 g/mol. The van der Waals surface area contributed by atoms with E-state index in [0.29, 0.717) is 37.4 Å². The first-order valence-electron chi connectivity index (χ1n) is 11.8. The summed E-state index contributed by atoms with van der Waals surface area (Å²) in [4.78, 5) is 0. The van der Waals surface area contributed by atoms with Crippen molar-refractivity contribution in [3.05, 3.63) is 59.3 Å². The Morgan fingerprint density at radius 3 is 2.19 bits per heavy atom. The lowest BCUT2D eigenvalue weighted by molar-refractivity contribution is -0.142. The highest BCUT2D eigenvalue weighted by atomic mass is 32.2. The lowest BCUT2D eigenvalue weighted by atomic mass is 9.95. The average molecular weight is 547 g/mol. The van der Waals surface area contributed by atoms with Crippen molar-refractivity contribution in [2.45, 2.75) is 64.2 Å². The number of benzene rings is 2. The Morgan fingerprint density at radius 1 is 0.946 bits per heavy atom. The molecular formula is C26H28F6N2O2S. The first-order valence-corrected chi connectivity index (χ1v) is 13.4. The van der Waals surface area contributed by atoms with Crippen LogP contribution in [0.3, 0.4) is 0 Å². The van der Waals surface area contributed by atoms with Gasteiger partial charge in [-0.25, -0.2) is 13.1 Å². The van der Waals surface area contributed by atoms with E-state index >= 15 is 0 Å². The van der Waals surface area contributed by atoms with Gasteiger partial charge in [0.2, 0.25) is 10.0 Å². The molecule has 0 bridgehead atoms. The van der Waals surface area contributed by atoms with Crippen LogP contribution in [0.5, 0.6) is 0 Å². The summed E-state index contributed by atoms with van der Waals surface area (Å²) < 4.78 is 110. The zero-order valence-corrected chi connectivity index (χ0v) is 21.4. The molecule has 0 saturated heterocycles. The maximum Gasteiger partial charge on any atom is 0.417 e. The Kier molecular flexibility index (Phi) is 6.94. The van der Waals surface area contributed by atoms with Crippen molar-refractivity contribution in [1.29, 1.82) is 0 Å². The van der Waals surface area contributed by atoms with Crippen molar-refractivity contribution in [2.75, 3.05) is 6.54 Å². The highest BCUT2D eigenvalue weighted by Crippen LogP contribution is 2.42. The third-order valence-corrected chi connectivity index (χ3v) is 8.19. The predicted octanol–water partition coefficient (Wildman–Crippen LogP) is 7.02. The van der Waals surface area contributed by atoms with Crippen LogP contribution < -0.4 is 4.72 Å². The first kappa shape index (κ1) is 27.5. The third kappa shape index (κ3) is 6.31. The van der Waals surface area contributed by atoms with Gasteiger partial charge in [-0.2, -0.15) is 26.3 Å². The van der Waals surface area contributed by atoms with Crippen LogP contribution in [0, 0.1) is 5.41 Å². The minimum Gasteiger partial charge on any atom is -0.347 e. The Morgan fingerprint density at radius 2 is 1.62 bits per heavy atom. The van der Waals surface area contributed by atoms with Crippen molar-refractivity contribution in [2.24, 2.45) is 5.41 Å². The predicted molar refractivity (Wildman–Crippen MR) is 130 cm³/mol. The van der Waals surface area contributed by atoms with Gasteiger partial charge in [0.15, 0.2) is 0 Å². The number of fused-ring (bicyclic) bond motifs is 1. The van der Waals surface area contributed by atoms with Gasteiger partial charge in [-0.3, -0.25) is 0 Å². The van der Waals surface area contributed by atoms with Crippen LogP contribution in [-0.4, -0.2) is 24.8 Å². The molecule has 0 amide bonds. The maximum atomic E-state index is 13.8. The Bertz CT molecular complexity index is 1410. The molecule has 202 valence electrons. The molecule has 0 aliphatic heterocycles. The fourth-order valence-electron chi connectivity index (χ4n) is 4.41. The van der Waals surface area contributed by atoms with E-state index in [0.717, 1.165) is 17.0 Å². The molecule has 4 rings (SSSR count). The van der Waals surface area contributed by atoms with E-state index in [4.69, 9.17) is 0 Å². The lowest BCUT2D eigenvalue weighted by Crippen LogP contribution is -2.29. The molecule has 0 spiro atoms. The molecule has 1 fully saturated rings. The van der Waals surface area contributed by atoms with Crippen molar-refractivity contribution < 1.29 is 34.8 Å². The van der Waals surface area contributed by atoms with E-state index in [2.05, 4.69) is 4.72 Å². The second-order valence-corrected chi connectivity index (χ2v) is 12.8. The number of nitrogens with zero attached hydrogens (tertiary/aromatic N) is 1. The second-order valence-electron chi connectivity index (χ2n) is 10.7. The number of halogens is 6. The lowest BCUT2D eigenvalue weighted by Gasteiger charge is -2.20. The van der Waals surface area contributed by atoms with Crippen molar-refractivity contribution in [3.8, 4) is 11.1 Å². The van der Waals surface area contributed by atoms with Gasteiger partial charge >= 0.3 is 12.4 Å². The zero-order chi connectivity index (χ0) is 27.4. The second kappa shape index (κ2) is 9.34. The number of rotatable bonds is 7. The van der Waals surface area contributed by atoms with Gasteiger partial charge in [-0.15, -0.1) is 0 Å². The van der Waals surface area contributed by atoms with E-state index in [1.165, 1.54) is 6.07 Å². The number of sulfonamides is 1. The number of alkyl halides is 6. The van der Waals surface area contributed by atoms with Gasteiger partial charge in [-0.1, -0.05) is 39.0 Å². The molecule has 3 aromatic rings. The number of hydrogen-bond donors (Lipinski definition) is 1. The molecule has 2 aromatic carbocycles. The van der Waals surface area contributed by atoms with E-state index in [1.807, 2.05) is 31.5 Å². The summed E-state index contributed by atoms with van der Waals surface area (Å²) >= 11 is 0. The van der Waals surface area contributed by atoms with Crippen molar-refractivity contribution in [1.82, 2.24) is 9.29 Å². The van der Waals surface area contributed by atoms with E-state index < -0.39 is 33.5 Å². The molecule has 0 atom stereocenters. The molecule has 37 heavy (non-hydrogen) atoms. The van der Waals surface area contributed by atoms with Gasteiger partial charge < -0.3 is 4.57 Å². The van der Waals surface area contributed by atoms with Crippen LogP contribution >= 0.6 is 0 Å². The van der Waals surface area contributed by atoms with Crippen molar-refractivity contribution in [3.63, 3.8) is 0 Å². The quantitative estimate of drug-likeness (QED) is 0.324. The SMILES string of the molecule is CC(C)(C)Cn1cc(CCNS(=O)(=O)C2CC2)c2ccc(-c3ccc(C(F)(F)F)cc3C(F)(F)F)cc21. The van der Waals surface area contributed by atoms with E-state index in [-0.39, 0.29) is 34.4 Å². The normalized spacial score (nSPS) is 15.5. The summed E-state index contributed by atoms with van der Waals surface area (Å²) in [6.45, 7) is 6.73. The van der Waals surface area contributed by atoms with Crippen LogP contribution in [-0.2, 0) is 35.3 Å². The third-order valence-electron chi connectivity index (χ3n) is 6.23. The van der Waals surface area contributed by atoms with Gasteiger partial charge in [0, 0.05) is 30.2 Å². The van der Waals surface area contributed by atoms with Gasteiger partial charge in [0.1, 0.15) is 0 Å². The molecular weight excluding hydrogens is 518 g/mol. The Labute approximate surface area is 211 Å². The van der Waals surface area contributed by atoms with Crippen molar-refractivity contribution >= 4 is 20.9 Å². The molecule has 1 aliphatic carbocycles. The van der Waals surface area contributed by atoms with Gasteiger partial charge in [-0.05, 0) is 59.6 Å². The molecule has 1 aromatic heterocycles. The molecule has 1 N–H and O–H groups in total. The minimum atomic E-state index is -4.98. The molecule has 1 aliphatic rings. The summed E-state index contributed by atoms with van der Waals surface area (Å²) in [5, 5.41) is 0.406. The summed E-state index contributed by atoms with van der Waals surface area (Å²) in [6.07, 6.45) is -6.35. The summed E-state index contributed by atoms with van der Waals surface area (Å²) in [7, 11) is -3.35. The molecule has 11 heteroatoms. The Hall–Kier alpha value is -2.53. The molecule has 0 unspecified atom stereocenters. The Balaban J connectivity index is 1.76. The van der Waals surface area contributed by atoms with Crippen LogP contribution in [0.1, 0.15) is 50.3 Å². The number of nitrogens with one attached hydrogen (secondary N) is 1. The molecule has 4 nitrogen and oxygen atoms in total. The molecule has 1 saturated carbocycles. The maximum absolute atomic E-state index is 13.8. The average Bonchev–Trinajstić information content (AvgIpc) is 3.57. The highest BCUT2D eigenvalue weighted by molar-refractivity contribution is 7.90. The van der Waals surface area contributed by atoms with Crippen LogP contribution in [0.25, 0.3) is 22.0 Å². The van der Waals surface area contributed by atoms with E-state index in [1.54, 1.807) is 12.1 Å². The first-order chi connectivity index (χ1) is 17.0. The molecule has 0 radical (unpaired) electrons. The van der Waals surface area contributed by atoms with Crippen LogP contribution in [0.15, 0.2) is 42.6 Å². The number of aromatic nitrogens is 1. The topological polar surface area (TPSA) is 51.1 Å². The standard InChI is InChI=1S/C26H28F6N2O2S/c1-24(2,3)15-34-14-17(10-11-33-37(35,36)19-6-7-19)21-8-4-16(12-23(21)34)20-9-5-18(25(27,28)29)13-22(20)26(30,31)32/h4-5,8-9,12-14,19,33H,6-7,10-11,15H2,1-3H3. The fraction of sp³-hybridized carbons (Fsp3) is 0.462. The number of hydrogen-bond acceptors (Lipinski definition) is 2. The fourth-order valence-corrected chi connectivity index (χ4v) is 5.79.